The predicted octanol–water partition coefficient (Wildman–Crippen LogP) is 4.72. The van der Waals surface area contributed by atoms with Crippen molar-refractivity contribution in [2.75, 3.05) is 6.54 Å². The summed E-state index contributed by atoms with van der Waals surface area (Å²) >= 11 is 10.0. The van der Waals surface area contributed by atoms with E-state index in [1.807, 2.05) is 4.68 Å². The molecule has 3 nitrogen and oxygen atoms in total. The van der Waals surface area contributed by atoms with Crippen molar-refractivity contribution in [1.82, 2.24) is 15.1 Å². The molecule has 21 heavy (non-hydrogen) atoms. The highest BCUT2D eigenvalue weighted by Gasteiger charge is 2.23. The zero-order valence-corrected chi connectivity index (χ0v) is 15.0. The maximum absolute atomic E-state index is 6.42. The zero-order valence-electron chi connectivity index (χ0n) is 12.7. The number of aromatic nitrogens is 2. The van der Waals surface area contributed by atoms with Gasteiger partial charge in [-0.05, 0) is 37.1 Å². The van der Waals surface area contributed by atoms with Crippen LogP contribution in [0, 0.1) is 6.92 Å². The van der Waals surface area contributed by atoms with Gasteiger partial charge in [0.15, 0.2) is 0 Å². The van der Waals surface area contributed by atoms with Crippen molar-refractivity contribution < 1.29 is 0 Å². The Morgan fingerprint density at radius 1 is 1.38 bits per heavy atom. The maximum atomic E-state index is 6.42. The molecule has 1 aromatic carbocycles. The molecule has 0 aliphatic heterocycles. The molecule has 2 rings (SSSR count). The summed E-state index contributed by atoms with van der Waals surface area (Å²) in [4.78, 5) is 0. The van der Waals surface area contributed by atoms with Crippen LogP contribution in [0.3, 0.4) is 0 Å². The molecule has 0 saturated carbocycles. The molecule has 0 amide bonds. The van der Waals surface area contributed by atoms with Crippen molar-refractivity contribution in [1.29, 1.82) is 0 Å². The molecule has 1 aromatic heterocycles. The molecule has 0 saturated heterocycles. The minimum Gasteiger partial charge on any atom is -0.305 e. The Bertz CT molecular complexity index is 610. The van der Waals surface area contributed by atoms with E-state index in [0.717, 1.165) is 29.7 Å². The number of aryl methyl sites for hydroxylation is 1. The van der Waals surface area contributed by atoms with Crippen molar-refractivity contribution in [3.05, 3.63) is 50.7 Å². The zero-order chi connectivity index (χ0) is 15.4. The molecule has 114 valence electrons. The molecule has 0 aliphatic rings. The maximum Gasteiger partial charge on any atom is 0.0837 e. The first kappa shape index (κ1) is 16.5. The van der Waals surface area contributed by atoms with Crippen molar-refractivity contribution in [2.45, 2.75) is 39.8 Å². The lowest BCUT2D eigenvalue weighted by atomic mass is 9.98. The number of hydrogen-bond acceptors (Lipinski definition) is 2. The molecule has 0 aliphatic carbocycles. The van der Waals surface area contributed by atoms with Gasteiger partial charge in [-0.2, -0.15) is 5.10 Å². The SMILES string of the molecule is CCCn1ncc(Cl)c1C(NCC)c1cccc(Br)c1C. The molecule has 0 bridgehead atoms. The van der Waals surface area contributed by atoms with Crippen molar-refractivity contribution in [3.63, 3.8) is 0 Å². The first-order valence-electron chi connectivity index (χ1n) is 7.29. The number of rotatable bonds is 6. The average molecular weight is 371 g/mol. The van der Waals surface area contributed by atoms with Gasteiger partial charge < -0.3 is 5.32 Å². The van der Waals surface area contributed by atoms with Crippen LogP contribution in [0.4, 0.5) is 0 Å². The second kappa shape index (κ2) is 7.43. The van der Waals surface area contributed by atoms with Crippen LogP contribution in [-0.4, -0.2) is 16.3 Å². The van der Waals surface area contributed by atoms with Crippen LogP contribution in [-0.2, 0) is 6.54 Å². The van der Waals surface area contributed by atoms with Crippen molar-refractivity contribution in [2.24, 2.45) is 0 Å². The van der Waals surface area contributed by atoms with Gasteiger partial charge in [0, 0.05) is 11.0 Å². The molecule has 5 heteroatoms. The largest absolute Gasteiger partial charge is 0.305 e. The third-order valence-corrected chi connectivity index (χ3v) is 4.72. The Labute approximate surface area is 139 Å². The molecular formula is C16H21BrClN3. The summed E-state index contributed by atoms with van der Waals surface area (Å²) in [6, 6.07) is 6.32. The van der Waals surface area contributed by atoms with Crippen LogP contribution in [0.1, 0.15) is 43.1 Å². The van der Waals surface area contributed by atoms with Gasteiger partial charge in [0.05, 0.1) is 23.0 Å². The fourth-order valence-corrected chi connectivity index (χ4v) is 3.18. The summed E-state index contributed by atoms with van der Waals surface area (Å²) in [6.07, 6.45) is 2.77. The topological polar surface area (TPSA) is 29.9 Å². The normalized spacial score (nSPS) is 12.6. The monoisotopic (exact) mass is 369 g/mol. The molecule has 0 fully saturated rings. The quantitative estimate of drug-likeness (QED) is 0.797. The Hall–Kier alpha value is -0.840. The van der Waals surface area contributed by atoms with E-state index in [1.165, 1.54) is 11.1 Å². The van der Waals surface area contributed by atoms with E-state index in [1.54, 1.807) is 6.20 Å². The van der Waals surface area contributed by atoms with Crippen LogP contribution >= 0.6 is 27.5 Å². The number of hydrogen-bond donors (Lipinski definition) is 1. The first-order chi connectivity index (χ1) is 10.1. The lowest BCUT2D eigenvalue weighted by molar-refractivity contribution is 0.519. The number of halogens is 2. The molecule has 0 radical (unpaired) electrons. The summed E-state index contributed by atoms with van der Waals surface area (Å²) in [5.41, 5.74) is 3.50. The van der Waals surface area contributed by atoms with E-state index < -0.39 is 0 Å². The minimum atomic E-state index is 0.0500. The summed E-state index contributed by atoms with van der Waals surface area (Å²) in [5.74, 6) is 0. The minimum absolute atomic E-state index is 0.0500. The van der Waals surface area contributed by atoms with Gasteiger partial charge in [-0.3, -0.25) is 4.68 Å². The van der Waals surface area contributed by atoms with Gasteiger partial charge in [-0.15, -0.1) is 0 Å². The lowest BCUT2D eigenvalue weighted by Crippen LogP contribution is -2.26. The van der Waals surface area contributed by atoms with Crippen LogP contribution in [0.25, 0.3) is 0 Å². The van der Waals surface area contributed by atoms with Gasteiger partial charge in [0.25, 0.3) is 0 Å². The van der Waals surface area contributed by atoms with Gasteiger partial charge in [-0.1, -0.05) is 53.5 Å². The Kier molecular flexibility index (Phi) is 5.85. The first-order valence-corrected chi connectivity index (χ1v) is 8.46. The molecule has 1 heterocycles. The fourth-order valence-electron chi connectivity index (χ4n) is 2.54. The Morgan fingerprint density at radius 2 is 2.14 bits per heavy atom. The summed E-state index contributed by atoms with van der Waals surface area (Å²) in [7, 11) is 0. The molecule has 1 unspecified atom stereocenters. The van der Waals surface area contributed by atoms with Gasteiger partial charge in [0.2, 0.25) is 0 Å². The van der Waals surface area contributed by atoms with E-state index in [4.69, 9.17) is 11.6 Å². The van der Waals surface area contributed by atoms with E-state index in [0.29, 0.717) is 5.02 Å². The smallest absolute Gasteiger partial charge is 0.0837 e. The van der Waals surface area contributed by atoms with E-state index in [2.05, 4.69) is 65.3 Å². The fraction of sp³-hybridized carbons (Fsp3) is 0.438. The van der Waals surface area contributed by atoms with Gasteiger partial charge >= 0.3 is 0 Å². The van der Waals surface area contributed by atoms with Crippen LogP contribution in [0.15, 0.2) is 28.9 Å². The molecule has 1 atom stereocenters. The molecule has 1 N–H and O–H groups in total. The summed E-state index contributed by atoms with van der Waals surface area (Å²) in [6.45, 7) is 8.11. The molecule has 0 spiro atoms. The third-order valence-electron chi connectivity index (χ3n) is 3.57. The van der Waals surface area contributed by atoms with Crippen molar-refractivity contribution >= 4 is 27.5 Å². The van der Waals surface area contributed by atoms with Crippen LogP contribution in [0.2, 0.25) is 5.02 Å². The molecule has 2 aromatic rings. The number of nitrogens with one attached hydrogen (secondary N) is 1. The summed E-state index contributed by atoms with van der Waals surface area (Å²) < 4.78 is 3.12. The number of nitrogens with zero attached hydrogens (tertiary/aromatic N) is 2. The second-order valence-corrected chi connectivity index (χ2v) is 6.31. The highest BCUT2D eigenvalue weighted by Crippen LogP contribution is 2.32. The highest BCUT2D eigenvalue weighted by atomic mass is 79.9. The van der Waals surface area contributed by atoms with Crippen molar-refractivity contribution in [3.8, 4) is 0 Å². The van der Waals surface area contributed by atoms with Gasteiger partial charge in [0.1, 0.15) is 0 Å². The lowest BCUT2D eigenvalue weighted by Gasteiger charge is -2.22. The van der Waals surface area contributed by atoms with Crippen LogP contribution < -0.4 is 5.32 Å². The highest BCUT2D eigenvalue weighted by molar-refractivity contribution is 9.10. The molecular weight excluding hydrogens is 350 g/mol. The predicted molar refractivity (Wildman–Crippen MR) is 91.9 cm³/mol. The second-order valence-electron chi connectivity index (χ2n) is 5.05. The average Bonchev–Trinajstić information content (AvgIpc) is 2.81. The Balaban J connectivity index is 2.53. The van der Waals surface area contributed by atoms with E-state index in [9.17, 15) is 0 Å². The van der Waals surface area contributed by atoms with E-state index in [-0.39, 0.29) is 6.04 Å². The van der Waals surface area contributed by atoms with Gasteiger partial charge in [-0.25, -0.2) is 0 Å². The number of benzene rings is 1. The summed E-state index contributed by atoms with van der Waals surface area (Å²) in [5, 5.41) is 8.68. The Morgan fingerprint density at radius 3 is 2.81 bits per heavy atom. The van der Waals surface area contributed by atoms with Crippen LogP contribution in [0.5, 0.6) is 0 Å². The van der Waals surface area contributed by atoms with E-state index >= 15 is 0 Å². The third kappa shape index (κ3) is 3.50. The standard InChI is InChI=1S/C16H21BrClN3/c1-4-9-21-16(14(18)10-20-21)15(19-5-2)12-7-6-8-13(17)11(12)3/h6-8,10,15,19H,4-5,9H2,1-3H3.